The van der Waals surface area contributed by atoms with Crippen molar-refractivity contribution in [1.29, 1.82) is 0 Å². The lowest BCUT2D eigenvalue weighted by Crippen LogP contribution is -2.38. The summed E-state index contributed by atoms with van der Waals surface area (Å²) in [6, 6.07) is -1.41. The molecule has 0 aromatic rings. The van der Waals surface area contributed by atoms with Gasteiger partial charge in [0.1, 0.15) is 12.6 Å². The van der Waals surface area contributed by atoms with E-state index in [0.717, 1.165) is 20.3 Å². The van der Waals surface area contributed by atoms with E-state index in [0.29, 0.717) is 0 Å². The molecule has 0 fully saturated rings. The topological polar surface area (TPSA) is 87.8 Å². The Labute approximate surface area is 109 Å². The van der Waals surface area contributed by atoms with Crippen molar-refractivity contribution in [3.05, 3.63) is 0 Å². The van der Waals surface area contributed by atoms with Crippen molar-refractivity contribution in [1.82, 2.24) is 0 Å². The number of nitrogens with two attached hydrogens (primary N) is 1. The molecule has 0 aliphatic carbocycles. The van der Waals surface area contributed by atoms with Crippen LogP contribution < -0.4 is 5.73 Å². The number of carbonyl (C=O) groups excluding carboxylic acids is 2. The zero-order valence-corrected chi connectivity index (χ0v) is 11.0. The number of halogens is 3. The van der Waals surface area contributed by atoms with E-state index in [1.165, 1.54) is 0 Å². The second-order valence-corrected chi connectivity index (χ2v) is 3.01. The highest BCUT2D eigenvalue weighted by Gasteiger charge is 2.41. The number of ether oxygens (including phenoxy) is 3. The average molecular weight is 289 g/mol. The second kappa shape index (κ2) is 10.6. The Bertz CT molecular complexity index is 268. The summed E-state index contributed by atoms with van der Waals surface area (Å²) in [7, 11) is 1.01. The molecule has 0 unspecified atom stereocenters. The fourth-order valence-corrected chi connectivity index (χ4v) is 0.671. The van der Waals surface area contributed by atoms with Gasteiger partial charge in [-0.05, 0) is 13.8 Å². The van der Waals surface area contributed by atoms with Gasteiger partial charge in [-0.2, -0.15) is 13.2 Å². The van der Waals surface area contributed by atoms with E-state index in [4.69, 9.17) is 10.5 Å². The summed E-state index contributed by atoms with van der Waals surface area (Å²) in [6.07, 6.45) is -5.09. The molecular weight excluding hydrogens is 271 g/mol. The Morgan fingerprint density at radius 3 is 1.95 bits per heavy atom. The van der Waals surface area contributed by atoms with Gasteiger partial charge in [0.15, 0.2) is 0 Å². The molecule has 0 aromatic heterocycles. The maximum atomic E-state index is 11.6. The Morgan fingerprint density at radius 1 is 1.21 bits per heavy atom. The van der Waals surface area contributed by atoms with Crippen molar-refractivity contribution in [3.63, 3.8) is 0 Å². The largest absolute Gasteiger partial charge is 0.490 e. The zero-order valence-electron chi connectivity index (χ0n) is 11.0. The van der Waals surface area contributed by atoms with Crippen LogP contribution in [0.3, 0.4) is 0 Å². The van der Waals surface area contributed by atoms with E-state index in [1.807, 2.05) is 13.8 Å². The van der Waals surface area contributed by atoms with Crippen molar-refractivity contribution in [2.45, 2.75) is 26.1 Å². The first kappa shape index (κ1) is 20.0. The summed E-state index contributed by atoms with van der Waals surface area (Å²) in [5, 5.41) is 0. The molecule has 0 aliphatic heterocycles. The summed E-state index contributed by atoms with van der Waals surface area (Å²) < 4.78 is 47.3. The summed E-state index contributed by atoms with van der Waals surface area (Å²) in [5.41, 5.74) is 5.00. The van der Waals surface area contributed by atoms with Gasteiger partial charge in [-0.25, -0.2) is 4.79 Å². The molecule has 0 aromatic carbocycles. The molecule has 0 saturated carbocycles. The number of methoxy groups -OCH3 is 1. The third kappa shape index (κ3) is 11.5. The highest BCUT2D eigenvalue weighted by molar-refractivity contribution is 5.78. The Balaban J connectivity index is 0. The molecule has 2 N–H and O–H groups in total. The molecule has 0 amide bonds. The predicted octanol–water partition coefficient (Wildman–Crippen LogP) is 0.635. The third-order valence-electron chi connectivity index (χ3n) is 1.54. The molecule has 0 heterocycles. The molecule has 0 saturated heterocycles. The van der Waals surface area contributed by atoms with E-state index in [9.17, 15) is 22.8 Å². The van der Waals surface area contributed by atoms with E-state index >= 15 is 0 Å². The quantitative estimate of drug-likeness (QED) is 0.747. The van der Waals surface area contributed by atoms with Crippen molar-refractivity contribution in [2.75, 3.05) is 26.9 Å². The Hall–Kier alpha value is -1.35. The number of rotatable bonds is 5. The van der Waals surface area contributed by atoms with Gasteiger partial charge in [0.25, 0.3) is 0 Å². The van der Waals surface area contributed by atoms with Crippen LogP contribution in [0.2, 0.25) is 0 Å². The van der Waals surface area contributed by atoms with Crippen molar-refractivity contribution in [3.8, 4) is 0 Å². The highest BCUT2D eigenvalue weighted by atomic mass is 19.4. The van der Waals surface area contributed by atoms with Crippen LogP contribution in [0.25, 0.3) is 0 Å². The molecule has 6 nitrogen and oxygen atoms in total. The van der Waals surface area contributed by atoms with E-state index in [-0.39, 0.29) is 0 Å². The lowest BCUT2D eigenvalue weighted by Gasteiger charge is -2.10. The van der Waals surface area contributed by atoms with Crippen molar-refractivity contribution in [2.24, 2.45) is 5.73 Å². The number of hydrogen-bond donors (Lipinski definition) is 1. The summed E-state index contributed by atoms with van der Waals surface area (Å²) in [5.74, 6) is -3.35. The molecule has 0 aliphatic rings. The van der Waals surface area contributed by atoms with Gasteiger partial charge >= 0.3 is 18.1 Å². The van der Waals surface area contributed by atoms with Crippen LogP contribution in [-0.4, -0.2) is 51.1 Å². The van der Waals surface area contributed by atoms with Crippen LogP contribution in [0, 0.1) is 0 Å². The van der Waals surface area contributed by atoms with Crippen molar-refractivity contribution >= 4 is 11.9 Å². The predicted molar refractivity (Wildman–Crippen MR) is 59.2 cm³/mol. The van der Waals surface area contributed by atoms with Crippen molar-refractivity contribution < 1.29 is 37.0 Å². The first-order valence-corrected chi connectivity index (χ1v) is 5.35. The van der Waals surface area contributed by atoms with Crippen LogP contribution >= 0.6 is 0 Å². The fraction of sp³-hybridized carbons (Fsp3) is 0.800. The number of alkyl halides is 3. The third-order valence-corrected chi connectivity index (χ3v) is 1.54. The molecule has 0 bridgehead atoms. The zero-order chi connectivity index (χ0) is 15.5. The van der Waals surface area contributed by atoms with Gasteiger partial charge in [-0.3, -0.25) is 4.79 Å². The molecular formula is C10H18F3NO5. The molecule has 1 atom stereocenters. The first-order chi connectivity index (χ1) is 8.70. The number of hydrogen-bond acceptors (Lipinski definition) is 6. The maximum Gasteiger partial charge on any atom is 0.490 e. The molecule has 19 heavy (non-hydrogen) atoms. The molecule has 0 radical (unpaired) electrons. The van der Waals surface area contributed by atoms with E-state index in [1.54, 1.807) is 0 Å². The SMILES string of the molecule is CCOCC.COC(=O)[C@@H](N)COC(=O)C(F)(F)F. The van der Waals surface area contributed by atoms with Gasteiger partial charge in [0.05, 0.1) is 7.11 Å². The lowest BCUT2D eigenvalue weighted by molar-refractivity contribution is -0.200. The second-order valence-electron chi connectivity index (χ2n) is 3.01. The van der Waals surface area contributed by atoms with E-state index in [2.05, 4.69) is 9.47 Å². The lowest BCUT2D eigenvalue weighted by atomic mass is 10.3. The minimum Gasteiger partial charge on any atom is -0.468 e. The highest BCUT2D eigenvalue weighted by Crippen LogP contribution is 2.16. The van der Waals surface area contributed by atoms with Gasteiger partial charge in [-0.1, -0.05) is 0 Å². The minimum atomic E-state index is -5.09. The Morgan fingerprint density at radius 2 is 1.68 bits per heavy atom. The van der Waals surface area contributed by atoms with Gasteiger partial charge in [0, 0.05) is 13.2 Å². The minimum absolute atomic E-state index is 0.844. The van der Waals surface area contributed by atoms with Gasteiger partial charge in [-0.15, -0.1) is 0 Å². The summed E-state index contributed by atoms with van der Waals surface area (Å²) in [4.78, 5) is 20.7. The van der Waals surface area contributed by atoms with Gasteiger partial charge in [0.2, 0.25) is 0 Å². The van der Waals surface area contributed by atoms with E-state index < -0.39 is 30.8 Å². The monoisotopic (exact) mass is 289 g/mol. The maximum absolute atomic E-state index is 11.6. The summed E-state index contributed by atoms with van der Waals surface area (Å²) in [6.45, 7) is 4.80. The molecule has 0 rings (SSSR count). The number of carbonyl (C=O) groups is 2. The van der Waals surface area contributed by atoms with Crippen LogP contribution in [0.4, 0.5) is 13.2 Å². The molecule has 9 heteroatoms. The summed E-state index contributed by atoms with van der Waals surface area (Å²) >= 11 is 0. The average Bonchev–Trinajstić information content (AvgIpc) is 2.35. The molecule has 114 valence electrons. The van der Waals surface area contributed by atoms with Crippen LogP contribution in [0.15, 0.2) is 0 Å². The Kier molecular flexibility index (Phi) is 11.1. The fourth-order valence-electron chi connectivity index (χ4n) is 0.671. The smallest absolute Gasteiger partial charge is 0.468 e. The normalized spacial score (nSPS) is 11.9. The number of esters is 2. The standard InChI is InChI=1S/C6H8F3NO4.C4H10O/c1-13-4(11)3(10)2-14-5(12)6(7,8)9;1-3-5-4-2/h3H,2,10H2,1H3;3-4H2,1-2H3/t3-;/m0./s1. The van der Waals surface area contributed by atoms with Crippen LogP contribution in [0.1, 0.15) is 13.8 Å². The van der Waals surface area contributed by atoms with Gasteiger partial charge < -0.3 is 19.9 Å². The van der Waals surface area contributed by atoms with Crippen LogP contribution in [-0.2, 0) is 23.8 Å². The first-order valence-electron chi connectivity index (χ1n) is 5.35. The van der Waals surface area contributed by atoms with Crippen LogP contribution in [0.5, 0.6) is 0 Å². The molecule has 0 spiro atoms.